The molecule has 0 radical (unpaired) electrons. The molecule has 0 aliphatic carbocycles. The van der Waals surface area contributed by atoms with Crippen molar-refractivity contribution >= 4 is 38.7 Å². The van der Waals surface area contributed by atoms with Gasteiger partial charge in [0.25, 0.3) is 5.91 Å². The van der Waals surface area contributed by atoms with Crippen LogP contribution in [0.15, 0.2) is 59.5 Å². The first-order valence-electron chi connectivity index (χ1n) is 8.66. The fraction of sp³-hybridized carbons (Fsp3) is 0.200. The smallest absolute Gasteiger partial charge is 0.263 e. The molecule has 3 aromatic rings. The molecule has 0 fully saturated rings. The summed E-state index contributed by atoms with van der Waals surface area (Å²) in [5.41, 5.74) is 1.49. The standard InChI is InChI=1S/C20H19ClN2O3S2/c1-14-18(27-20(23-14)15-7-5-8-16(21)13-15)19(24)22-11-6-12-28(25,26)17-9-3-2-4-10-17/h2-5,7-10,13H,6,11-12H2,1H3,(H,22,24). The molecule has 5 nitrogen and oxygen atoms in total. The second kappa shape index (κ2) is 8.86. The number of aryl methyl sites for hydroxylation is 1. The Bertz CT molecular complexity index is 1080. The van der Waals surface area contributed by atoms with E-state index in [2.05, 4.69) is 10.3 Å². The van der Waals surface area contributed by atoms with Gasteiger partial charge in [-0.3, -0.25) is 4.79 Å². The average molecular weight is 435 g/mol. The predicted octanol–water partition coefficient (Wildman–Crippen LogP) is 4.37. The SMILES string of the molecule is Cc1nc(-c2cccc(Cl)c2)sc1C(=O)NCCCS(=O)(=O)c1ccccc1. The summed E-state index contributed by atoms with van der Waals surface area (Å²) >= 11 is 7.31. The van der Waals surface area contributed by atoms with Crippen molar-refractivity contribution in [3.8, 4) is 10.6 Å². The third-order valence-corrected chi connectivity index (χ3v) is 7.31. The van der Waals surface area contributed by atoms with Gasteiger partial charge in [0.2, 0.25) is 0 Å². The van der Waals surface area contributed by atoms with E-state index in [0.717, 1.165) is 10.6 Å². The number of carbonyl (C=O) groups excluding carboxylic acids is 1. The quantitative estimate of drug-likeness (QED) is 0.560. The fourth-order valence-corrected chi connectivity index (χ4v) is 5.14. The maximum absolute atomic E-state index is 12.5. The van der Waals surface area contributed by atoms with E-state index in [9.17, 15) is 13.2 Å². The molecule has 0 aliphatic rings. The highest BCUT2D eigenvalue weighted by Gasteiger charge is 2.17. The number of hydrogen-bond acceptors (Lipinski definition) is 5. The molecule has 0 saturated carbocycles. The summed E-state index contributed by atoms with van der Waals surface area (Å²) in [5.74, 6) is -0.271. The Hall–Kier alpha value is -2.22. The molecule has 3 rings (SSSR count). The molecular formula is C20H19ClN2O3S2. The van der Waals surface area contributed by atoms with E-state index in [1.807, 2.05) is 12.1 Å². The van der Waals surface area contributed by atoms with E-state index in [-0.39, 0.29) is 18.2 Å². The van der Waals surface area contributed by atoms with Crippen molar-refractivity contribution < 1.29 is 13.2 Å². The van der Waals surface area contributed by atoms with Crippen LogP contribution in [0.1, 0.15) is 21.8 Å². The molecule has 0 bridgehead atoms. The minimum atomic E-state index is -3.34. The van der Waals surface area contributed by atoms with Crippen molar-refractivity contribution in [3.63, 3.8) is 0 Å². The Morgan fingerprint density at radius 2 is 1.89 bits per heavy atom. The minimum absolute atomic E-state index is 0.0211. The van der Waals surface area contributed by atoms with Gasteiger partial charge in [0.15, 0.2) is 9.84 Å². The van der Waals surface area contributed by atoms with Crippen molar-refractivity contribution in [1.29, 1.82) is 0 Å². The third-order valence-electron chi connectivity index (χ3n) is 4.05. The number of sulfone groups is 1. The van der Waals surface area contributed by atoms with Gasteiger partial charge in [0.05, 0.1) is 16.3 Å². The van der Waals surface area contributed by atoms with Crippen molar-refractivity contribution in [2.45, 2.75) is 18.2 Å². The lowest BCUT2D eigenvalue weighted by atomic mass is 10.2. The molecule has 1 amide bonds. The Morgan fingerprint density at radius 1 is 1.14 bits per heavy atom. The minimum Gasteiger partial charge on any atom is -0.351 e. The Kier molecular flexibility index (Phi) is 6.49. The Labute approximate surface area is 173 Å². The highest BCUT2D eigenvalue weighted by atomic mass is 35.5. The van der Waals surface area contributed by atoms with Gasteiger partial charge in [-0.15, -0.1) is 11.3 Å². The van der Waals surface area contributed by atoms with Crippen LogP contribution in [-0.4, -0.2) is 31.6 Å². The number of nitrogens with zero attached hydrogens (tertiary/aromatic N) is 1. The van der Waals surface area contributed by atoms with E-state index >= 15 is 0 Å². The van der Waals surface area contributed by atoms with Crippen LogP contribution in [0.3, 0.4) is 0 Å². The van der Waals surface area contributed by atoms with E-state index in [0.29, 0.717) is 26.9 Å². The molecule has 8 heteroatoms. The van der Waals surface area contributed by atoms with Crippen LogP contribution in [-0.2, 0) is 9.84 Å². The lowest BCUT2D eigenvalue weighted by Crippen LogP contribution is -2.25. The normalized spacial score (nSPS) is 11.4. The van der Waals surface area contributed by atoms with Crippen molar-refractivity contribution in [1.82, 2.24) is 10.3 Å². The molecule has 2 aromatic carbocycles. The molecule has 28 heavy (non-hydrogen) atoms. The zero-order valence-electron chi connectivity index (χ0n) is 15.2. The number of carbonyl (C=O) groups is 1. The topological polar surface area (TPSA) is 76.1 Å². The molecule has 1 aromatic heterocycles. The van der Waals surface area contributed by atoms with Gasteiger partial charge in [0.1, 0.15) is 9.88 Å². The van der Waals surface area contributed by atoms with Crippen molar-refractivity contribution in [2.24, 2.45) is 0 Å². The zero-order chi connectivity index (χ0) is 20.1. The van der Waals surface area contributed by atoms with Crippen LogP contribution in [0.2, 0.25) is 5.02 Å². The van der Waals surface area contributed by atoms with E-state index < -0.39 is 9.84 Å². The molecule has 0 saturated heterocycles. The number of thiazole rings is 1. The molecule has 0 aliphatic heterocycles. The highest BCUT2D eigenvalue weighted by Crippen LogP contribution is 2.29. The summed E-state index contributed by atoms with van der Waals surface area (Å²) < 4.78 is 24.5. The van der Waals surface area contributed by atoms with Crippen molar-refractivity contribution in [3.05, 3.63) is 70.2 Å². The zero-order valence-corrected chi connectivity index (χ0v) is 17.6. The van der Waals surface area contributed by atoms with Crippen LogP contribution < -0.4 is 5.32 Å². The van der Waals surface area contributed by atoms with Crippen LogP contribution in [0.25, 0.3) is 10.6 Å². The number of amides is 1. The van der Waals surface area contributed by atoms with Crippen LogP contribution >= 0.6 is 22.9 Å². The number of aromatic nitrogens is 1. The van der Waals surface area contributed by atoms with Gasteiger partial charge < -0.3 is 5.32 Å². The van der Waals surface area contributed by atoms with E-state index in [1.54, 1.807) is 49.4 Å². The molecule has 0 unspecified atom stereocenters. The maximum Gasteiger partial charge on any atom is 0.263 e. The summed E-state index contributed by atoms with van der Waals surface area (Å²) in [7, 11) is -3.34. The van der Waals surface area contributed by atoms with E-state index in [1.165, 1.54) is 11.3 Å². The first-order chi connectivity index (χ1) is 13.4. The van der Waals surface area contributed by atoms with Gasteiger partial charge in [-0.2, -0.15) is 0 Å². The summed E-state index contributed by atoms with van der Waals surface area (Å²) in [6, 6.07) is 15.6. The number of rotatable bonds is 7. The summed E-state index contributed by atoms with van der Waals surface area (Å²) in [4.78, 5) is 17.7. The van der Waals surface area contributed by atoms with Crippen LogP contribution in [0, 0.1) is 6.92 Å². The Morgan fingerprint density at radius 3 is 2.61 bits per heavy atom. The average Bonchev–Trinajstić information content (AvgIpc) is 3.08. The largest absolute Gasteiger partial charge is 0.351 e. The van der Waals surface area contributed by atoms with Crippen molar-refractivity contribution in [2.75, 3.05) is 12.3 Å². The van der Waals surface area contributed by atoms with Gasteiger partial charge >= 0.3 is 0 Å². The highest BCUT2D eigenvalue weighted by molar-refractivity contribution is 7.91. The molecule has 0 spiro atoms. The van der Waals surface area contributed by atoms with Gasteiger partial charge in [-0.1, -0.05) is 41.9 Å². The first kappa shape index (κ1) is 20.5. The third kappa shape index (κ3) is 4.98. The Balaban J connectivity index is 1.58. The lowest BCUT2D eigenvalue weighted by molar-refractivity contribution is 0.0957. The molecule has 146 valence electrons. The molecule has 0 atom stereocenters. The van der Waals surface area contributed by atoms with Crippen LogP contribution in [0.5, 0.6) is 0 Å². The number of benzene rings is 2. The number of halogens is 1. The van der Waals surface area contributed by atoms with Gasteiger partial charge in [0, 0.05) is 17.1 Å². The molecule has 1 heterocycles. The lowest BCUT2D eigenvalue weighted by Gasteiger charge is -2.06. The second-order valence-corrected chi connectivity index (χ2v) is 9.73. The summed E-state index contributed by atoms with van der Waals surface area (Å²) in [6.07, 6.45) is 0.335. The summed E-state index contributed by atoms with van der Waals surface area (Å²) in [5, 5.41) is 4.11. The maximum atomic E-state index is 12.5. The van der Waals surface area contributed by atoms with Gasteiger partial charge in [-0.25, -0.2) is 13.4 Å². The monoisotopic (exact) mass is 434 g/mol. The molecule has 1 N–H and O–H groups in total. The first-order valence-corrected chi connectivity index (χ1v) is 11.5. The number of hydrogen-bond donors (Lipinski definition) is 1. The van der Waals surface area contributed by atoms with E-state index in [4.69, 9.17) is 11.6 Å². The van der Waals surface area contributed by atoms with Crippen LogP contribution in [0.4, 0.5) is 0 Å². The summed E-state index contributed by atoms with van der Waals surface area (Å²) in [6.45, 7) is 2.05. The number of nitrogens with one attached hydrogen (secondary N) is 1. The molecular weight excluding hydrogens is 416 g/mol. The second-order valence-electron chi connectivity index (χ2n) is 6.19. The predicted molar refractivity (Wildman–Crippen MR) is 113 cm³/mol. The fourth-order valence-electron chi connectivity index (χ4n) is 2.64. The van der Waals surface area contributed by atoms with Gasteiger partial charge in [-0.05, 0) is 37.6 Å².